The second-order valence-corrected chi connectivity index (χ2v) is 5.13. The average Bonchev–Trinajstić information content (AvgIpc) is 2.63. The zero-order valence-corrected chi connectivity index (χ0v) is 12.9. The maximum atomic E-state index is 12.5. The maximum absolute atomic E-state index is 12.5. The molecule has 0 saturated heterocycles. The number of aromatic nitrogens is 2. The monoisotopic (exact) mass is 308 g/mol. The van der Waals surface area contributed by atoms with Crippen molar-refractivity contribution < 1.29 is 9.13 Å². The van der Waals surface area contributed by atoms with E-state index < -0.39 is 6.67 Å². The Morgan fingerprint density at radius 2 is 1.96 bits per heavy atom. The molecule has 0 aliphatic carbocycles. The Labute approximate surface area is 134 Å². The summed E-state index contributed by atoms with van der Waals surface area (Å²) in [5.41, 5.74) is 3.61. The van der Waals surface area contributed by atoms with Gasteiger partial charge in [-0.25, -0.2) is 9.37 Å². The lowest BCUT2D eigenvalue weighted by Gasteiger charge is -2.11. The molecule has 0 unspecified atom stereocenters. The van der Waals surface area contributed by atoms with E-state index in [4.69, 9.17) is 4.74 Å². The molecular formula is C19H17FN2O. The molecule has 0 bridgehead atoms. The number of hydrogen-bond donors (Lipinski definition) is 0. The minimum Gasteiger partial charge on any atom is -0.437 e. The predicted molar refractivity (Wildman–Crippen MR) is 88.2 cm³/mol. The van der Waals surface area contributed by atoms with Crippen LogP contribution in [-0.4, -0.2) is 9.97 Å². The Hall–Kier alpha value is -2.75. The van der Waals surface area contributed by atoms with Crippen LogP contribution in [0.25, 0.3) is 11.1 Å². The smallest absolute Gasteiger partial charge is 0.227 e. The molecule has 3 rings (SSSR count). The van der Waals surface area contributed by atoms with Crippen molar-refractivity contribution in [2.45, 2.75) is 20.0 Å². The quantitative estimate of drug-likeness (QED) is 0.667. The number of hydrogen-bond acceptors (Lipinski definition) is 3. The van der Waals surface area contributed by atoms with Crippen LogP contribution in [0, 0.1) is 0 Å². The van der Waals surface area contributed by atoms with Crippen LogP contribution in [0.2, 0.25) is 0 Å². The summed E-state index contributed by atoms with van der Waals surface area (Å²) < 4.78 is 18.4. The van der Waals surface area contributed by atoms with Gasteiger partial charge in [0.05, 0.1) is 11.9 Å². The lowest BCUT2D eigenvalue weighted by atomic mass is 10.0. The van der Waals surface area contributed by atoms with E-state index in [0.29, 0.717) is 17.3 Å². The van der Waals surface area contributed by atoms with Crippen LogP contribution in [0.4, 0.5) is 4.39 Å². The van der Waals surface area contributed by atoms with Crippen molar-refractivity contribution in [3.05, 3.63) is 72.2 Å². The molecule has 2 heterocycles. The van der Waals surface area contributed by atoms with Gasteiger partial charge in [-0.05, 0) is 41.8 Å². The fraction of sp³-hybridized carbons (Fsp3) is 0.158. The second-order valence-electron chi connectivity index (χ2n) is 5.13. The summed E-state index contributed by atoms with van der Waals surface area (Å²) in [6.07, 6.45) is 4.17. The van der Waals surface area contributed by atoms with E-state index in [1.807, 2.05) is 24.3 Å². The number of benzene rings is 1. The predicted octanol–water partition coefficient (Wildman–Crippen LogP) is 4.97. The molecule has 2 aromatic heterocycles. The van der Waals surface area contributed by atoms with Gasteiger partial charge in [-0.3, -0.25) is 4.98 Å². The van der Waals surface area contributed by atoms with Crippen LogP contribution in [0.15, 0.2) is 60.9 Å². The third-order valence-electron chi connectivity index (χ3n) is 3.57. The van der Waals surface area contributed by atoms with Gasteiger partial charge in [0, 0.05) is 11.8 Å². The van der Waals surface area contributed by atoms with Gasteiger partial charge in [0.25, 0.3) is 0 Å². The first-order valence-corrected chi connectivity index (χ1v) is 7.53. The Balaban J connectivity index is 1.93. The normalized spacial score (nSPS) is 10.5. The highest BCUT2D eigenvalue weighted by atomic mass is 19.1. The van der Waals surface area contributed by atoms with E-state index in [1.54, 1.807) is 18.3 Å². The largest absolute Gasteiger partial charge is 0.437 e. The fourth-order valence-corrected chi connectivity index (χ4v) is 2.31. The molecule has 0 radical (unpaired) electrons. The molecule has 3 nitrogen and oxygen atoms in total. The van der Waals surface area contributed by atoms with Crippen LogP contribution < -0.4 is 4.74 Å². The van der Waals surface area contributed by atoms with Gasteiger partial charge in [0.15, 0.2) is 0 Å². The molecule has 0 fully saturated rings. The lowest BCUT2D eigenvalue weighted by molar-refractivity contribution is 0.455. The molecule has 116 valence electrons. The van der Waals surface area contributed by atoms with E-state index in [9.17, 15) is 4.39 Å². The van der Waals surface area contributed by atoms with Gasteiger partial charge in [-0.2, -0.15) is 0 Å². The van der Waals surface area contributed by atoms with Crippen molar-refractivity contribution in [3.63, 3.8) is 0 Å². The van der Waals surface area contributed by atoms with Crippen LogP contribution >= 0.6 is 0 Å². The second kappa shape index (κ2) is 7.01. The summed E-state index contributed by atoms with van der Waals surface area (Å²) >= 11 is 0. The van der Waals surface area contributed by atoms with Crippen molar-refractivity contribution in [3.8, 4) is 22.8 Å². The third-order valence-corrected chi connectivity index (χ3v) is 3.57. The summed E-state index contributed by atoms with van der Waals surface area (Å²) in [5.74, 6) is 1.05. The molecule has 23 heavy (non-hydrogen) atoms. The van der Waals surface area contributed by atoms with Crippen LogP contribution in [0.3, 0.4) is 0 Å². The minimum atomic E-state index is -0.584. The summed E-state index contributed by atoms with van der Waals surface area (Å²) in [6, 6.07) is 15.5. The summed E-state index contributed by atoms with van der Waals surface area (Å²) in [6.45, 7) is 1.54. The van der Waals surface area contributed by atoms with E-state index >= 15 is 0 Å². The van der Waals surface area contributed by atoms with E-state index in [2.05, 4.69) is 29.0 Å². The number of alkyl halides is 1. The number of rotatable bonds is 5. The molecule has 0 atom stereocenters. The minimum absolute atomic E-state index is 0.384. The van der Waals surface area contributed by atoms with E-state index in [-0.39, 0.29) is 0 Å². The SMILES string of the molecule is CCc1cccc(-c2cccnc2Oc2ccc(CF)nc2)c1. The summed E-state index contributed by atoms with van der Waals surface area (Å²) in [4.78, 5) is 8.32. The van der Waals surface area contributed by atoms with Crippen LogP contribution in [-0.2, 0) is 13.1 Å². The van der Waals surface area contributed by atoms with Gasteiger partial charge in [-0.15, -0.1) is 0 Å². The first-order chi connectivity index (χ1) is 11.3. The molecular weight excluding hydrogens is 291 g/mol. The Kier molecular flexibility index (Phi) is 4.62. The first-order valence-electron chi connectivity index (χ1n) is 7.53. The van der Waals surface area contributed by atoms with Gasteiger partial charge in [0.1, 0.15) is 12.4 Å². The van der Waals surface area contributed by atoms with Crippen LogP contribution in [0.5, 0.6) is 11.6 Å². The molecule has 0 saturated carbocycles. The van der Waals surface area contributed by atoms with Crippen molar-refractivity contribution in [1.29, 1.82) is 0 Å². The van der Waals surface area contributed by atoms with Crippen molar-refractivity contribution in [2.75, 3.05) is 0 Å². The summed E-state index contributed by atoms with van der Waals surface area (Å²) in [5, 5.41) is 0. The van der Waals surface area contributed by atoms with E-state index in [1.165, 1.54) is 11.8 Å². The number of pyridine rings is 2. The fourth-order valence-electron chi connectivity index (χ4n) is 2.31. The molecule has 0 aliphatic heterocycles. The van der Waals surface area contributed by atoms with Gasteiger partial charge in [-0.1, -0.05) is 31.2 Å². The highest BCUT2D eigenvalue weighted by Gasteiger charge is 2.09. The Morgan fingerprint density at radius 3 is 2.70 bits per heavy atom. The lowest BCUT2D eigenvalue weighted by Crippen LogP contribution is -1.93. The molecule has 0 N–H and O–H groups in total. The van der Waals surface area contributed by atoms with E-state index in [0.717, 1.165) is 17.5 Å². The standard InChI is InChI=1S/C19H17FN2O/c1-2-14-5-3-6-15(11-14)18-7-4-10-21-19(18)23-17-9-8-16(12-20)22-13-17/h3-11,13H,2,12H2,1H3. The first kappa shape index (κ1) is 15.2. The van der Waals surface area contributed by atoms with Crippen molar-refractivity contribution in [1.82, 2.24) is 9.97 Å². The maximum Gasteiger partial charge on any atom is 0.227 e. The topological polar surface area (TPSA) is 35.0 Å². The zero-order chi connectivity index (χ0) is 16.1. The van der Waals surface area contributed by atoms with Crippen molar-refractivity contribution in [2.24, 2.45) is 0 Å². The van der Waals surface area contributed by atoms with Gasteiger partial charge in [0.2, 0.25) is 5.88 Å². The number of ether oxygens (including phenoxy) is 1. The Bertz CT molecular complexity index is 787. The average molecular weight is 308 g/mol. The van der Waals surface area contributed by atoms with Crippen molar-refractivity contribution >= 4 is 0 Å². The molecule has 3 aromatic rings. The molecule has 0 spiro atoms. The molecule has 1 aromatic carbocycles. The number of nitrogens with zero attached hydrogens (tertiary/aromatic N) is 2. The third kappa shape index (κ3) is 3.54. The highest BCUT2D eigenvalue weighted by Crippen LogP contribution is 2.31. The highest BCUT2D eigenvalue weighted by molar-refractivity contribution is 5.69. The summed E-state index contributed by atoms with van der Waals surface area (Å²) in [7, 11) is 0. The number of halogens is 1. The Morgan fingerprint density at radius 1 is 1.04 bits per heavy atom. The molecule has 0 amide bonds. The molecule has 4 heteroatoms. The zero-order valence-electron chi connectivity index (χ0n) is 12.9. The molecule has 0 aliphatic rings. The number of aryl methyl sites for hydroxylation is 1. The van der Waals surface area contributed by atoms with Gasteiger partial charge >= 0.3 is 0 Å². The van der Waals surface area contributed by atoms with Gasteiger partial charge < -0.3 is 4.74 Å². The van der Waals surface area contributed by atoms with Crippen LogP contribution in [0.1, 0.15) is 18.2 Å².